The van der Waals surface area contributed by atoms with Crippen LogP contribution in [0.15, 0.2) is 4.52 Å². The molecule has 1 saturated carbocycles. The van der Waals surface area contributed by atoms with Crippen molar-refractivity contribution in [3.63, 3.8) is 0 Å². The number of carbonyl (C=O) groups excluding carboxylic acids is 2. The molecular weight excluding hydrogens is 274 g/mol. The first kappa shape index (κ1) is 15.3. The van der Waals surface area contributed by atoms with Crippen molar-refractivity contribution in [3.05, 3.63) is 11.7 Å². The van der Waals surface area contributed by atoms with Gasteiger partial charge in [0.05, 0.1) is 6.54 Å². The third-order valence-electron chi connectivity index (χ3n) is 3.75. The van der Waals surface area contributed by atoms with Crippen molar-refractivity contribution in [2.45, 2.75) is 38.6 Å². The first-order valence-corrected chi connectivity index (χ1v) is 7.12. The zero-order valence-corrected chi connectivity index (χ0v) is 12.4. The van der Waals surface area contributed by atoms with Crippen LogP contribution in [-0.4, -0.2) is 52.0 Å². The number of carbonyl (C=O) groups is 2. The minimum atomic E-state index is -0.633. The molecule has 1 aliphatic carbocycles. The summed E-state index contributed by atoms with van der Waals surface area (Å²) in [6.45, 7) is 2.57. The van der Waals surface area contributed by atoms with Crippen molar-refractivity contribution in [1.82, 2.24) is 19.9 Å². The lowest BCUT2D eigenvalue weighted by atomic mass is 9.85. The lowest BCUT2D eigenvalue weighted by Gasteiger charge is -2.22. The van der Waals surface area contributed by atoms with E-state index in [1.165, 1.54) is 18.4 Å². The van der Waals surface area contributed by atoms with Crippen LogP contribution in [-0.2, 0) is 11.3 Å². The topological polar surface area (TPSA) is 106 Å². The van der Waals surface area contributed by atoms with Gasteiger partial charge in [0, 0.05) is 19.5 Å². The van der Waals surface area contributed by atoms with Crippen LogP contribution < -0.4 is 5.73 Å². The van der Waals surface area contributed by atoms with E-state index >= 15 is 0 Å². The Kier molecular flexibility index (Phi) is 4.77. The van der Waals surface area contributed by atoms with Gasteiger partial charge >= 0.3 is 6.03 Å². The molecule has 2 N–H and O–H groups in total. The third kappa shape index (κ3) is 3.71. The molecule has 1 aliphatic rings. The van der Waals surface area contributed by atoms with E-state index in [-0.39, 0.29) is 19.0 Å². The van der Waals surface area contributed by atoms with Gasteiger partial charge in [-0.25, -0.2) is 4.79 Å². The number of likely N-dealkylation sites (N-methyl/N-ethyl adjacent to an activating group) is 2. The molecule has 0 atom stereocenters. The molecule has 8 nitrogen and oxygen atoms in total. The first-order chi connectivity index (χ1) is 10.0. The highest BCUT2D eigenvalue weighted by atomic mass is 16.5. The summed E-state index contributed by atoms with van der Waals surface area (Å²) >= 11 is 0. The number of amides is 3. The summed E-state index contributed by atoms with van der Waals surface area (Å²) < 4.78 is 5.23. The van der Waals surface area contributed by atoms with Crippen LogP contribution in [0.1, 0.15) is 43.8 Å². The van der Waals surface area contributed by atoms with E-state index < -0.39 is 6.03 Å². The monoisotopic (exact) mass is 295 g/mol. The Balaban J connectivity index is 1.93. The van der Waals surface area contributed by atoms with Crippen molar-refractivity contribution < 1.29 is 14.1 Å². The summed E-state index contributed by atoms with van der Waals surface area (Å²) in [6.07, 6.45) is 3.37. The molecule has 1 aromatic rings. The molecule has 1 fully saturated rings. The fourth-order valence-corrected chi connectivity index (χ4v) is 2.08. The van der Waals surface area contributed by atoms with Crippen LogP contribution in [0.25, 0.3) is 0 Å². The van der Waals surface area contributed by atoms with E-state index in [0.717, 1.165) is 12.8 Å². The van der Waals surface area contributed by atoms with Crippen molar-refractivity contribution in [3.8, 4) is 0 Å². The number of aromatic nitrogens is 2. The third-order valence-corrected chi connectivity index (χ3v) is 3.75. The minimum absolute atomic E-state index is 0.0590. The Labute approximate surface area is 123 Å². The Morgan fingerprint density at radius 2 is 2.14 bits per heavy atom. The van der Waals surface area contributed by atoms with Crippen LogP contribution >= 0.6 is 0 Å². The molecule has 1 aromatic heterocycles. The first-order valence-electron chi connectivity index (χ1n) is 7.12. The standard InChI is InChI=1S/C13H21N5O3/c1-3-18(11(19)8-17(2)13(14)20)7-10-15-12(21-16-10)9-5-4-6-9/h9H,3-8H2,1-2H3,(H2,14,20). The van der Waals surface area contributed by atoms with Gasteiger partial charge in [-0.05, 0) is 19.8 Å². The Morgan fingerprint density at radius 1 is 1.43 bits per heavy atom. The Bertz CT molecular complexity index is 512. The lowest BCUT2D eigenvalue weighted by molar-refractivity contribution is -0.132. The van der Waals surface area contributed by atoms with Crippen molar-refractivity contribution in [2.75, 3.05) is 20.1 Å². The maximum absolute atomic E-state index is 12.1. The Hall–Kier alpha value is -2.12. The summed E-state index contributed by atoms with van der Waals surface area (Å²) in [5, 5.41) is 3.92. The summed E-state index contributed by atoms with van der Waals surface area (Å²) in [7, 11) is 1.48. The van der Waals surface area contributed by atoms with Gasteiger partial charge in [0.1, 0.15) is 6.54 Å². The largest absolute Gasteiger partial charge is 0.351 e. The van der Waals surface area contributed by atoms with E-state index in [0.29, 0.717) is 24.2 Å². The molecule has 8 heteroatoms. The van der Waals surface area contributed by atoms with E-state index in [1.807, 2.05) is 6.92 Å². The predicted molar refractivity (Wildman–Crippen MR) is 74.2 cm³/mol. The zero-order valence-electron chi connectivity index (χ0n) is 12.4. The van der Waals surface area contributed by atoms with Crippen molar-refractivity contribution >= 4 is 11.9 Å². The quantitative estimate of drug-likeness (QED) is 0.831. The average Bonchev–Trinajstić information content (AvgIpc) is 2.81. The van der Waals surface area contributed by atoms with Crippen LogP contribution in [0.4, 0.5) is 4.79 Å². The fourth-order valence-electron chi connectivity index (χ4n) is 2.08. The fraction of sp³-hybridized carbons (Fsp3) is 0.692. The van der Waals surface area contributed by atoms with E-state index in [9.17, 15) is 9.59 Å². The van der Waals surface area contributed by atoms with E-state index in [4.69, 9.17) is 10.3 Å². The highest BCUT2D eigenvalue weighted by Gasteiger charge is 2.26. The highest BCUT2D eigenvalue weighted by molar-refractivity contribution is 5.83. The zero-order chi connectivity index (χ0) is 15.4. The number of hydrogen-bond acceptors (Lipinski definition) is 5. The molecule has 116 valence electrons. The number of urea groups is 1. The number of nitrogens with two attached hydrogens (primary N) is 1. The second-order valence-electron chi connectivity index (χ2n) is 5.28. The van der Waals surface area contributed by atoms with Gasteiger partial charge in [0.15, 0.2) is 5.82 Å². The van der Waals surface area contributed by atoms with Gasteiger partial charge in [0.25, 0.3) is 0 Å². The van der Waals surface area contributed by atoms with E-state index in [1.54, 1.807) is 4.90 Å². The van der Waals surface area contributed by atoms with Crippen molar-refractivity contribution in [2.24, 2.45) is 5.73 Å². The number of nitrogens with zero attached hydrogens (tertiary/aromatic N) is 4. The normalized spacial score (nSPS) is 14.6. The molecule has 1 heterocycles. The molecule has 0 unspecified atom stereocenters. The molecule has 2 rings (SSSR count). The number of rotatable bonds is 6. The number of hydrogen-bond donors (Lipinski definition) is 1. The Morgan fingerprint density at radius 3 is 2.67 bits per heavy atom. The maximum atomic E-state index is 12.1. The molecule has 21 heavy (non-hydrogen) atoms. The average molecular weight is 295 g/mol. The van der Waals surface area contributed by atoms with Gasteiger partial charge in [-0.2, -0.15) is 4.98 Å². The highest BCUT2D eigenvalue weighted by Crippen LogP contribution is 2.35. The maximum Gasteiger partial charge on any atom is 0.314 e. The minimum Gasteiger partial charge on any atom is -0.351 e. The van der Waals surface area contributed by atoms with Gasteiger partial charge in [0.2, 0.25) is 11.8 Å². The molecule has 0 bridgehead atoms. The van der Waals surface area contributed by atoms with Crippen LogP contribution in [0.2, 0.25) is 0 Å². The molecule has 0 spiro atoms. The van der Waals surface area contributed by atoms with Crippen molar-refractivity contribution in [1.29, 1.82) is 0 Å². The molecular formula is C13H21N5O3. The van der Waals surface area contributed by atoms with Gasteiger partial charge in [-0.1, -0.05) is 11.6 Å². The van der Waals surface area contributed by atoms with Gasteiger partial charge in [-0.3, -0.25) is 4.79 Å². The molecule has 0 aliphatic heterocycles. The second kappa shape index (κ2) is 6.55. The van der Waals surface area contributed by atoms with Crippen LogP contribution in [0.3, 0.4) is 0 Å². The van der Waals surface area contributed by atoms with E-state index in [2.05, 4.69) is 10.1 Å². The SMILES string of the molecule is CCN(Cc1noc(C2CCC2)n1)C(=O)CN(C)C(N)=O. The number of primary amides is 1. The van der Waals surface area contributed by atoms with Crippen LogP contribution in [0.5, 0.6) is 0 Å². The van der Waals surface area contributed by atoms with Gasteiger partial charge in [-0.15, -0.1) is 0 Å². The molecule has 0 aromatic carbocycles. The molecule has 0 radical (unpaired) electrons. The summed E-state index contributed by atoms with van der Waals surface area (Å²) in [5.41, 5.74) is 5.11. The molecule has 0 saturated heterocycles. The summed E-state index contributed by atoms with van der Waals surface area (Å²) in [6, 6.07) is -0.633. The summed E-state index contributed by atoms with van der Waals surface area (Å²) in [4.78, 5) is 30.1. The molecule has 3 amide bonds. The lowest BCUT2D eigenvalue weighted by Crippen LogP contribution is -2.42. The van der Waals surface area contributed by atoms with Gasteiger partial charge < -0.3 is 20.1 Å². The smallest absolute Gasteiger partial charge is 0.314 e. The second-order valence-corrected chi connectivity index (χ2v) is 5.28. The van der Waals surface area contributed by atoms with Crippen LogP contribution in [0, 0.1) is 0 Å². The summed E-state index contributed by atoms with van der Waals surface area (Å²) in [5.74, 6) is 1.33. The predicted octanol–water partition coefficient (Wildman–Crippen LogP) is 0.696.